The van der Waals surface area contributed by atoms with Crippen LogP contribution in [-0.2, 0) is 11.3 Å². The standard InChI is InChI=1S/C16H25FN2O/c1-4-18-11-13-8-14(17)10-15(9-13)19-7-5-6-16(2,12-19)20-3/h8-10,18H,4-7,11-12H2,1-3H3. The largest absolute Gasteiger partial charge is 0.377 e. The van der Waals surface area contributed by atoms with E-state index < -0.39 is 0 Å². The van der Waals surface area contributed by atoms with Crippen molar-refractivity contribution in [2.75, 3.05) is 31.6 Å². The number of nitrogens with one attached hydrogen (secondary N) is 1. The zero-order valence-electron chi connectivity index (χ0n) is 12.7. The molecule has 1 aromatic rings. The van der Waals surface area contributed by atoms with Crippen LogP contribution >= 0.6 is 0 Å². The van der Waals surface area contributed by atoms with Crippen LogP contribution in [0, 0.1) is 5.82 Å². The Morgan fingerprint density at radius 2 is 2.20 bits per heavy atom. The van der Waals surface area contributed by atoms with Crippen LogP contribution in [0.15, 0.2) is 18.2 Å². The normalized spacial score (nSPS) is 23.1. The monoisotopic (exact) mass is 280 g/mol. The van der Waals surface area contributed by atoms with Crippen molar-refractivity contribution >= 4 is 5.69 Å². The van der Waals surface area contributed by atoms with Gasteiger partial charge in [0.1, 0.15) is 5.82 Å². The number of hydrogen-bond acceptors (Lipinski definition) is 3. The van der Waals surface area contributed by atoms with Crippen molar-refractivity contribution in [2.24, 2.45) is 0 Å². The third-order valence-electron chi connectivity index (χ3n) is 4.04. The third kappa shape index (κ3) is 3.70. The van der Waals surface area contributed by atoms with E-state index in [0.29, 0.717) is 6.54 Å². The zero-order chi connectivity index (χ0) is 14.6. The summed E-state index contributed by atoms with van der Waals surface area (Å²) >= 11 is 0. The first-order valence-electron chi connectivity index (χ1n) is 7.36. The predicted molar refractivity (Wildman–Crippen MR) is 80.6 cm³/mol. The molecule has 0 spiro atoms. The Labute approximate surface area is 121 Å². The second kappa shape index (κ2) is 6.55. The molecule has 0 aromatic heterocycles. The van der Waals surface area contributed by atoms with Crippen molar-refractivity contribution in [3.63, 3.8) is 0 Å². The van der Waals surface area contributed by atoms with Gasteiger partial charge in [0.2, 0.25) is 0 Å². The fourth-order valence-corrected chi connectivity index (χ4v) is 2.78. The Hall–Kier alpha value is -1.13. The van der Waals surface area contributed by atoms with E-state index in [1.54, 1.807) is 19.2 Å². The first-order valence-corrected chi connectivity index (χ1v) is 7.36. The van der Waals surface area contributed by atoms with E-state index in [4.69, 9.17) is 4.74 Å². The molecule has 1 aliphatic heterocycles. The lowest BCUT2D eigenvalue weighted by Crippen LogP contribution is -2.47. The summed E-state index contributed by atoms with van der Waals surface area (Å²) in [6.45, 7) is 7.54. The van der Waals surface area contributed by atoms with Crippen LogP contribution < -0.4 is 10.2 Å². The summed E-state index contributed by atoms with van der Waals surface area (Å²) in [5.74, 6) is -0.167. The number of halogens is 1. The fourth-order valence-electron chi connectivity index (χ4n) is 2.78. The zero-order valence-corrected chi connectivity index (χ0v) is 12.7. The second-order valence-electron chi connectivity index (χ2n) is 5.78. The molecule has 20 heavy (non-hydrogen) atoms. The summed E-state index contributed by atoms with van der Waals surface area (Å²) < 4.78 is 19.4. The minimum atomic E-state index is -0.167. The van der Waals surface area contributed by atoms with Crippen LogP contribution in [0.2, 0.25) is 0 Å². The molecule has 1 N–H and O–H groups in total. The molecule has 0 radical (unpaired) electrons. The molecule has 1 heterocycles. The Kier molecular flexibility index (Phi) is 5.00. The summed E-state index contributed by atoms with van der Waals surface area (Å²) in [6, 6.07) is 5.30. The number of nitrogens with zero attached hydrogens (tertiary/aromatic N) is 1. The highest BCUT2D eigenvalue weighted by Crippen LogP contribution is 2.29. The van der Waals surface area contributed by atoms with Crippen molar-refractivity contribution in [3.8, 4) is 0 Å². The van der Waals surface area contributed by atoms with E-state index in [2.05, 4.69) is 30.1 Å². The van der Waals surface area contributed by atoms with Gasteiger partial charge in [-0.05, 0) is 50.1 Å². The van der Waals surface area contributed by atoms with Gasteiger partial charge in [-0.25, -0.2) is 4.39 Å². The van der Waals surface area contributed by atoms with Crippen LogP contribution in [0.25, 0.3) is 0 Å². The van der Waals surface area contributed by atoms with Gasteiger partial charge in [0.15, 0.2) is 0 Å². The van der Waals surface area contributed by atoms with E-state index in [0.717, 1.165) is 43.7 Å². The highest BCUT2D eigenvalue weighted by atomic mass is 19.1. The molecular weight excluding hydrogens is 255 g/mol. The van der Waals surface area contributed by atoms with Gasteiger partial charge in [-0.15, -0.1) is 0 Å². The summed E-state index contributed by atoms with van der Waals surface area (Å²) in [5.41, 5.74) is 1.82. The topological polar surface area (TPSA) is 24.5 Å². The Bertz CT molecular complexity index is 452. The molecule has 1 saturated heterocycles. The molecule has 0 bridgehead atoms. The quantitative estimate of drug-likeness (QED) is 0.897. The first-order chi connectivity index (χ1) is 9.56. The summed E-state index contributed by atoms with van der Waals surface area (Å²) in [5, 5.41) is 3.24. The number of benzene rings is 1. The molecule has 0 aliphatic carbocycles. The van der Waals surface area contributed by atoms with Crippen LogP contribution in [-0.4, -0.2) is 32.3 Å². The van der Waals surface area contributed by atoms with Crippen molar-refractivity contribution in [3.05, 3.63) is 29.6 Å². The SMILES string of the molecule is CCNCc1cc(F)cc(N2CCCC(C)(OC)C2)c1. The van der Waals surface area contributed by atoms with E-state index in [1.807, 2.05) is 0 Å². The minimum absolute atomic E-state index is 0.133. The van der Waals surface area contributed by atoms with Gasteiger partial charge in [-0.3, -0.25) is 0 Å². The lowest BCUT2D eigenvalue weighted by Gasteiger charge is -2.40. The molecule has 3 nitrogen and oxygen atoms in total. The lowest BCUT2D eigenvalue weighted by atomic mass is 9.94. The maximum Gasteiger partial charge on any atom is 0.125 e. The number of anilines is 1. The molecule has 1 aromatic carbocycles. The predicted octanol–water partition coefficient (Wildman–Crippen LogP) is 2.94. The van der Waals surface area contributed by atoms with E-state index in [1.165, 1.54) is 0 Å². The molecule has 2 rings (SSSR count). The number of piperidine rings is 1. The van der Waals surface area contributed by atoms with Crippen LogP contribution in [0.1, 0.15) is 32.3 Å². The smallest absolute Gasteiger partial charge is 0.125 e. The van der Waals surface area contributed by atoms with Crippen LogP contribution in [0.3, 0.4) is 0 Å². The van der Waals surface area contributed by atoms with Crippen molar-refractivity contribution in [2.45, 2.75) is 38.8 Å². The number of hydrogen-bond donors (Lipinski definition) is 1. The fraction of sp³-hybridized carbons (Fsp3) is 0.625. The van der Waals surface area contributed by atoms with Gasteiger partial charge < -0.3 is 15.0 Å². The van der Waals surface area contributed by atoms with Gasteiger partial charge in [-0.2, -0.15) is 0 Å². The van der Waals surface area contributed by atoms with Gasteiger partial charge >= 0.3 is 0 Å². The average Bonchev–Trinajstić information content (AvgIpc) is 2.44. The second-order valence-corrected chi connectivity index (χ2v) is 5.78. The first kappa shape index (κ1) is 15.3. The van der Waals surface area contributed by atoms with Crippen LogP contribution in [0.5, 0.6) is 0 Å². The van der Waals surface area contributed by atoms with Crippen LogP contribution in [0.4, 0.5) is 10.1 Å². The Balaban J connectivity index is 2.16. The number of methoxy groups -OCH3 is 1. The molecule has 0 amide bonds. The summed E-state index contributed by atoms with van der Waals surface area (Å²) in [7, 11) is 1.76. The maximum atomic E-state index is 13.8. The highest BCUT2D eigenvalue weighted by Gasteiger charge is 2.31. The molecule has 1 unspecified atom stereocenters. The van der Waals surface area contributed by atoms with Gasteiger partial charge in [0.05, 0.1) is 5.60 Å². The van der Waals surface area contributed by atoms with Gasteiger partial charge in [-0.1, -0.05) is 6.92 Å². The summed E-state index contributed by atoms with van der Waals surface area (Å²) in [4.78, 5) is 2.23. The van der Waals surface area contributed by atoms with E-state index >= 15 is 0 Å². The molecule has 112 valence electrons. The molecule has 1 atom stereocenters. The molecule has 1 fully saturated rings. The van der Waals surface area contributed by atoms with Gasteiger partial charge in [0.25, 0.3) is 0 Å². The van der Waals surface area contributed by atoms with Crippen molar-refractivity contribution in [1.29, 1.82) is 0 Å². The molecular formula is C16H25FN2O. The highest BCUT2D eigenvalue weighted by molar-refractivity contribution is 5.50. The number of ether oxygens (including phenoxy) is 1. The van der Waals surface area contributed by atoms with Crippen molar-refractivity contribution in [1.82, 2.24) is 5.32 Å². The lowest BCUT2D eigenvalue weighted by molar-refractivity contribution is -0.00466. The number of rotatable bonds is 5. The van der Waals surface area contributed by atoms with Crippen molar-refractivity contribution < 1.29 is 9.13 Å². The molecule has 0 saturated carbocycles. The van der Waals surface area contributed by atoms with Gasteiger partial charge in [0, 0.05) is 32.4 Å². The maximum absolute atomic E-state index is 13.8. The molecule has 1 aliphatic rings. The summed E-state index contributed by atoms with van der Waals surface area (Å²) in [6.07, 6.45) is 2.13. The van der Waals surface area contributed by atoms with E-state index in [9.17, 15) is 4.39 Å². The third-order valence-corrected chi connectivity index (χ3v) is 4.04. The Morgan fingerprint density at radius 3 is 2.90 bits per heavy atom. The Morgan fingerprint density at radius 1 is 1.40 bits per heavy atom. The molecule has 4 heteroatoms. The van der Waals surface area contributed by atoms with E-state index in [-0.39, 0.29) is 11.4 Å². The minimum Gasteiger partial charge on any atom is -0.377 e. The average molecular weight is 280 g/mol.